The molecule has 0 unspecified atom stereocenters. The highest BCUT2D eigenvalue weighted by Gasteiger charge is 2.38. The van der Waals surface area contributed by atoms with Crippen LogP contribution in [0, 0.1) is 10.1 Å². The lowest BCUT2D eigenvalue weighted by molar-refractivity contribution is -0.388. The van der Waals surface area contributed by atoms with Gasteiger partial charge in [0, 0.05) is 6.07 Å². The minimum atomic E-state index is -4.84. The maximum Gasteiger partial charge on any atom is 0.423 e. The summed E-state index contributed by atoms with van der Waals surface area (Å²) in [5, 5.41) is 18.7. The second-order valence-corrected chi connectivity index (χ2v) is 2.60. The van der Waals surface area contributed by atoms with Crippen LogP contribution in [-0.4, -0.2) is 10.1 Å². The molecule has 8 heteroatoms. The highest BCUT2D eigenvalue weighted by molar-refractivity contribution is 5.54. The molecule has 1 aromatic rings. The summed E-state index contributed by atoms with van der Waals surface area (Å²) < 4.78 is 36.9. The quantitative estimate of drug-likeness (QED) is 0.595. The van der Waals surface area contributed by atoms with Crippen LogP contribution in [0.1, 0.15) is 5.56 Å². The standard InChI is InChI=1S/C7H5F3N2O3/c8-7(9,10)5-3-4(11-13)1-2-6(5)12(14)15/h1-3,11,13H. The second kappa shape index (κ2) is 3.73. The van der Waals surface area contributed by atoms with E-state index in [1.165, 1.54) is 5.48 Å². The van der Waals surface area contributed by atoms with Crippen LogP contribution in [0.4, 0.5) is 24.5 Å². The van der Waals surface area contributed by atoms with Crippen molar-refractivity contribution >= 4 is 11.4 Å². The van der Waals surface area contributed by atoms with E-state index < -0.39 is 22.4 Å². The molecule has 0 heterocycles. The molecular formula is C7H5F3N2O3. The molecule has 0 amide bonds. The summed E-state index contributed by atoms with van der Waals surface area (Å²) >= 11 is 0. The summed E-state index contributed by atoms with van der Waals surface area (Å²) in [6.07, 6.45) is -4.84. The smallest absolute Gasteiger partial charge is 0.291 e. The Morgan fingerprint density at radius 3 is 2.40 bits per heavy atom. The van der Waals surface area contributed by atoms with Gasteiger partial charge in [-0.05, 0) is 12.1 Å². The Kier molecular flexibility index (Phi) is 2.80. The van der Waals surface area contributed by atoms with Crippen molar-refractivity contribution in [3.05, 3.63) is 33.9 Å². The Balaban J connectivity index is 3.36. The third-order valence-corrected chi connectivity index (χ3v) is 1.63. The number of anilines is 1. The van der Waals surface area contributed by atoms with Gasteiger partial charge in [0.05, 0.1) is 10.6 Å². The minimum absolute atomic E-state index is 0.270. The van der Waals surface area contributed by atoms with Crippen LogP contribution < -0.4 is 5.48 Å². The topological polar surface area (TPSA) is 75.4 Å². The summed E-state index contributed by atoms with van der Waals surface area (Å²) in [5.74, 6) is 0. The number of alkyl halides is 3. The number of hydrogen-bond acceptors (Lipinski definition) is 4. The molecule has 0 aromatic heterocycles. The summed E-state index contributed by atoms with van der Waals surface area (Å²) in [6.45, 7) is 0. The number of nitro groups is 1. The molecule has 0 saturated carbocycles. The van der Waals surface area contributed by atoms with Gasteiger partial charge in [0.25, 0.3) is 5.69 Å². The largest absolute Gasteiger partial charge is 0.423 e. The molecule has 0 fully saturated rings. The van der Waals surface area contributed by atoms with Gasteiger partial charge >= 0.3 is 6.18 Å². The van der Waals surface area contributed by atoms with E-state index in [-0.39, 0.29) is 5.69 Å². The van der Waals surface area contributed by atoms with Gasteiger partial charge in [-0.25, -0.2) is 0 Å². The molecule has 0 radical (unpaired) electrons. The lowest BCUT2D eigenvalue weighted by Crippen LogP contribution is -2.09. The van der Waals surface area contributed by atoms with Crippen molar-refractivity contribution in [2.45, 2.75) is 6.18 Å². The van der Waals surface area contributed by atoms with Gasteiger partial charge < -0.3 is 0 Å². The number of nitrogens with zero attached hydrogens (tertiary/aromatic N) is 1. The third-order valence-electron chi connectivity index (χ3n) is 1.63. The van der Waals surface area contributed by atoms with E-state index >= 15 is 0 Å². The van der Waals surface area contributed by atoms with E-state index in [2.05, 4.69) is 0 Å². The zero-order valence-electron chi connectivity index (χ0n) is 7.08. The van der Waals surface area contributed by atoms with Crippen LogP contribution in [0.2, 0.25) is 0 Å². The van der Waals surface area contributed by atoms with Gasteiger partial charge in [-0.1, -0.05) is 0 Å². The molecule has 0 bridgehead atoms. The monoisotopic (exact) mass is 222 g/mol. The molecule has 0 aliphatic carbocycles. The van der Waals surface area contributed by atoms with Crippen LogP contribution in [-0.2, 0) is 6.18 Å². The first-order valence-electron chi connectivity index (χ1n) is 3.62. The summed E-state index contributed by atoms with van der Waals surface area (Å²) in [7, 11) is 0. The summed E-state index contributed by atoms with van der Waals surface area (Å²) in [6, 6.07) is 2.09. The zero-order chi connectivity index (χ0) is 11.6. The zero-order valence-corrected chi connectivity index (χ0v) is 7.08. The normalized spacial score (nSPS) is 11.2. The van der Waals surface area contributed by atoms with E-state index in [4.69, 9.17) is 5.21 Å². The molecule has 1 aromatic carbocycles. The molecule has 82 valence electrons. The predicted molar refractivity (Wildman–Crippen MR) is 43.5 cm³/mol. The maximum atomic E-state index is 12.3. The summed E-state index contributed by atoms with van der Waals surface area (Å²) in [5.41, 5.74) is -1.25. The Morgan fingerprint density at radius 2 is 2.00 bits per heavy atom. The Morgan fingerprint density at radius 1 is 1.40 bits per heavy atom. The lowest BCUT2D eigenvalue weighted by atomic mass is 10.1. The third kappa shape index (κ3) is 2.34. The van der Waals surface area contributed by atoms with Crippen LogP contribution in [0.25, 0.3) is 0 Å². The molecule has 0 aliphatic rings. The fourth-order valence-electron chi connectivity index (χ4n) is 0.992. The number of hydrogen-bond donors (Lipinski definition) is 2. The van der Waals surface area contributed by atoms with Crippen molar-refractivity contribution in [2.75, 3.05) is 5.48 Å². The van der Waals surface area contributed by atoms with Crippen molar-refractivity contribution in [1.82, 2.24) is 0 Å². The van der Waals surface area contributed by atoms with Gasteiger partial charge in [-0.3, -0.25) is 20.8 Å². The number of benzene rings is 1. The number of nitro benzene ring substituents is 1. The first-order chi connectivity index (χ1) is 6.86. The Hall–Kier alpha value is -1.83. The fourth-order valence-corrected chi connectivity index (χ4v) is 0.992. The SMILES string of the molecule is O=[N+]([O-])c1ccc(NO)cc1C(F)(F)F. The van der Waals surface area contributed by atoms with Crippen molar-refractivity contribution in [3.8, 4) is 0 Å². The molecule has 0 atom stereocenters. The van der Waals surface area contributed by atoms with Crippen molar-refractivity contribution in [3.63, 3.8) is 0 Å². The molecule has 0 spiro atoms. The number of nitrogens with one attached hydrogen (secondary N) is 1. The molecule has 1 rings (SSSR count). The Bertz CT molecular complexity index is 392. The highest BCUT2D eigenvalue weighted by Crippen LogP contribution is 2.37. The van der Waals surface area contributed by atoms with Crippen LogP contribution >= 0.6 is 0 Å². The maximum absolute atomic E-state index is 12.3. The van der Waals surface area contributed by atoms with Gasteiger partial charge in [0.2, 0.25) is 0 Å². The molecular weight excluding hydrogens is 217 g/mol. The molecule has 0 aliphatic heterocycles. The van der Waals surface area contributed by atoms with Gasteiger partial charge in [-0.15, -0.1) is 0 Å². The van der Waals surface area contributed by atoms with Crippen molar-refractivity contribution in [2.24, 2.45) is 0 Å². The van der Waals surface area contributed by atoms with E-state index in [0.717, 1.165) is 6.07 Å². The summed E-state index contributed by atoms with van der Waals surface area (Å²) in [4.78, 5) is 9.16. The fraction of sp³-hybridized carbons (Fsp3) is 0.143. The van der Waals surface area contributed by atoms with Crippen molar-refractivity contribution in [1.29, 1.82) is 0 Å². The van der Waals surface area contributed by atoms with Crippen LogP contribution in [0.15, 0.2) is 18.2 Å². The Labute approximate surface area is 81.2 Å². The van der Waals surface area contributed by atoms with Gasteiger partial charge in [-0.2, -0.15) is 13.2 Å². The van der Waals surface area contributed by atoms with E-state index in [1.807, 2.05) is 0 Å². The van der Waals surface area contributed by atoms with E-state index in [9.17, 15) is 23.3 Å². The number of halogens is 3. The lowest BCUT2D eigenvalue weighted by Gasteiger charge is -2.08. The second-order valence-electron chi connectivity index (χ2n) is 2.60. The average molecular weight is 222 g/mol. The van der Waals surface area contributed by atoms with E-state index in [1.54, 1.807) is 0 Å². The first-order valence-corrected chi connectivity index (χ1v) is 3.62. The molecule has 2 N–H and O–H groups in total. The number of rotatable bonds is 2. The van der Waals surface area contributed by atoms with Crippen molar-refractivity contribution < 1.29 is 23.3 Å². The average Bonchev–Trinajstić information content (AvgIpc) is 2.15. The predicted octanol–water partition coefficient (Wildman–Crippen LogP) is 2.41. The van der Waals surface area contributed by atoms with E-state index in [0.29, 0.717) is 12.1 Å². The highest BCUT2D eigenvalue weighted by atomic mass is 19.4. The van der Waals surface area contributed by atoms with Crippen LogP contribution in [0.5, 0.6) is 0 Å². The van der Waals surface area contributed by atoms with Gasteiger partial charge in [0.15, 0.2) is 0 Å². The van der Waals surface area contributed by atoms with Crippen LogP contribution in [0.3, 0.4) is 0 Å². The molecule has 5 nitrogen and oxygen atoms in total. The molecule has 0 saturated heterocycles. The minimum Gasteiger partial charge on any atom is -0.291 e. The van der Waals surface area contributed by atoms with Gasteiger partial charge in [0.1, 0.15) is 5.56 Å². The first kappa shape index (κ1) is 11.2. The molecule has 15 heavy (non-hydrogen) atoms.